The highest BCUT2D eigenvalue weighted by molar-refractivity contribution is 5.79. The Labute approximate surface area is 99.4 Å². The zero-order valence-electron chi connectivity index (χ0n) is 9.83. The van der Waals surface area contributed by atoms with Crippen molar-refractivity contribution in [3.8, 4) is 0 Å². The highest BCUT2D eigenvalue weighted by atomic mass is 16.5. The number of nitrogens with two attached hydrogens (primary N) is 1. The molecule has 8 heteroatoms. The fourth-order valence-electron chi connectivity index (χ4n) is 1.73. The number of nitrogens with zero attached hydrogens (tertiary/aromatic N) is 5. The first-order chi connectivity index (χ1) is 8.35. The second-order valence-corrected chi connectivity index (χ2v) is 3.70. The lowest BCUT2D eigenvalue weighted by Gasteiger charge is -2.29. The number of hydrogen-bond acceptors (Lipinski definition) is 5. The Balaban J connectivity index is 2.00. The van der Waals surface area contributed by atoms with Gasteiger partial charge in [0.2, 0.25) is 5.96 Å². The number of rotatable bonds is 3. The van der Waals surface area contributed by atoms with Crippen molar-refractivity contribution in [2.45, 2.75) is 13.1 Å². The standard InChI is InChI=1S/C9H17N7O/c1-17-5-2-11-9(13-10)15-3-4-16-7-12-14-8(16)6-15/h7H,2-6,10H2,1H3,(H,11,13). The molecule has 2 heterocycles. The van der Waals surface area contributed by atoms with Crippen molar-refractivity contribution in [3.63, 3.8) is 0 Å². The number of fused-ring (bicyclic) bond motifs is 1. The van der Waals surface area contributed by atoms with Gasteiger partial charge >= 0.3 is 0 Å². The van der Waals surface area contributed by atoms with Crippen LogP contribution < -0.4 is 11.3 Å². The fraction of sp³-hybridized carbons (Fsp3) is 0.667. The minimum Gasteiger partial charge on any atom is -0.383 e. The molecule has 1 aliphatic heterocycles. The van der Waals surface area contributed by atoms with Crippen molar-refractivity contribution in [2.24, 2.45) is 10.8 Å². The van der Waals surface area contributed by atoms with E-state index in [1.807, 2.05) is 9.47 Å². The topological polar surface area (TPSA) is 93.6 Å². The highest BCUT2D eigenvalue weighted by Crippen LogP contribution is 2.08. The Bertz CT molecular complexity index is 388. The molecular weight excluding hydrogens is 222 g/mol. The molecule has 0 spiro atoms. The zero-order valence-corrected chi connectivity index (χ0v) is 9.83. The first kappa shape index (κ1) is 11.8. The Hall–Kier alpha value is -1.67. The van der Waals surface area contributed by atoms with Gasteiger partial charge in [-0.25, -0.2) is 10.8 Å². The summed E-state index contributed by atoms with van der Waals surface area (Å²) in [5, 5.41) is 7.92. The van der Waals surface area contributed by atoms with Crippen LogP contribution in [-0.4, -0.2) is 52.4 Å². The molecule has 1 aliphatic rings. The molecular formula is C9H17N7O. The van der Waals surface area contributed by atoms with Crippen LogP contribution >= 0.6 is 0 Å². The molecule has 94 valence electrons. The summed E-state index contributed by atoms with van der Waals surface area (Å²) in [5.74, 6) is 7.06. The molecule has 0 fully saturated rings. The number of aliphatic imine (C=N–C) groups is 1. The van der Waals surface area contributed by atoms with Crippen molar-refractivity contribution >= 4 is 5.96 Å². The molecule has 0 amide bonds. The van der Waals surface area contributed by atoms with Gasteiger partial charge < -0.3 is 14.2 Å². The SMILES string of the molecule is COCCN=C(NN)N1CCn2cnnc2C1. The summed E-state index contributed by atoms with van der Waals surface area (Å²) in [6.07, 6.45) is 1.74. The zero-order chi connectivity index (χ0) is 12.1. The minimum absolute atomic E-state index is 0.579. The average molecular weight is 239 g/mol. The van der Waals surface area contributed by atoms with E-state index in [0.717, 1.165) is 18.9 Å². The molecule has 0 saturated heterocycles. The molecule has 0 bridgehead atoms. The van der Waals surface area contributed by atoms with Crippen molar-refractivity contribution < 1.29 is 4.74 Å². The van der Waals surface area contributed by atoms with E-state index in [2.05, 4.69) is 20.6 Å². The maximum absolute atomic E-state index is 5.48. The third-order valence-electron chi connectivity index (χ3n) is 2.62. The Morgan fingerprint density at radius 2 is 2.53 bits per heavy atom. The summed E-state index contributed by atoms with van der Waals surface area (Å²) in [6, 6.07) is 0. The van der Waals surface area contributed by atoms with E-state index in [1.165, 1.54) is 0 Å². The molecule has 0 radical (unpaired) electrons. The van der Waals surface area contributed by atoms with Gasteiger partial charge in [0.1, 0.15) is 6.33 Å². The van der Waals surface area contributed by atoms with Crippen LogP contribution in [0.25, 0.3) is 0 Å². The van der Waals surface area contributed by atoms with E-state index in [0.29, 0.717) is 25.7 Å². The summed E-state index contributed by atoms with van der Waals surface area (Å²) in [5.41, 5.74) is 2.62. The van der Waals surface area contributed by atoms with Crippen LogP contribution in [0.15, 0.2) is 11.3 Å². The molecule has 0 aromatic carbocycles. The largest absolute Gasteiger partial charge is 0.383 e. The van der Waals surface area contributed by atoms with E-state index >= 15 is 0 Å². The minimum atomic E-state index is 0.579. The third-order valence-corrected chi connectivity index (χ3v) is 2.62. The van der Waals surface area contributed by atoms with Gasteiger partial charge in [0.25, 0.3) is 0 Å². The molecule has 8 nitrogen and oxygen atoms in total. The van der Waals surface area contributed by atoms with Crippen LogP contribution in [0.2, 0.25) is 0 Å². The number of ether oxygens (including phenoxy) is 1. The molecule has 3 N–H and O–H groups in total. The predicted molar refractivity (Wildman–Crippen MR) is 61.9 cm³/mol. The lowest BCUT2D eigenvalue weighted by atomic mass is 10.4. The van der Waals surface area contributed by atoms with Gasteiger partial charge in [-0.2, -0.15) is 0 Å². The summed E-state index contributed by atoms with van der Waals surface area (Å²) >= 11 is 0. The molecule has 0 unspecified atom stereocenters. The molecule has 0 aliphatic carbocycles. The maximum Gasteiger partial charge on any atom is 0.208 e. The summed E-state index contributed by atoms with van der Waals surface area (Å²) in [6.45, 7) is 3.50. The summed E-state index contributed by atoms with van der Waals surface area (Å²) < 4.78 is 6.97. The summed E-state index contributed by atoms with van der Waals surface area (Å²) in [7, 11) is 1.65. The van der Waals surface area contributed by atoms with Gasteiger partial charge in [0, 0.05) is 20.2 Å². The molecule has 2 rings (SSSR count). The van der Waals surface area contributed by atoms with Crippen LogP contribution in [0.5, 0.6) is 0 Å². The monoisotopic (exact) mass is 239 g/mol. The van der Waals surface area contributed by atoms with E-state index in [9.17, 15) is 0 Å². The number of guanidine groups is 1. The molecule has 1 aromatic rings. The predicted octanol–water partition coefficient (Wildman–Crippen LogP) is -1.44. The van der Waals surface area contributed by atoms with Crippen molar-refractivity contribution in [2.75, 3.05) is 26.8 Å². The first-order valence-electron chi connectivity index (χ1n) is 5.46. The average Bonchev–Trinajstić information content (AvgIpc) is 2.82. The number of hydrogen-bond donors (Lipinski definition) is 2. The van der Waals surface area contributed by atoms with Gasteiger partial charge in [-0.15, -0.1) is 10.2 Å². The van der Waals surface area contributed by atoms with Crippen LogP contribution in [-0.2, 0) is 17.8 Å². The van der Waals surface area contributed by atoms with E-state index in [4.69, 9.17) is 10.6 Å². The van der Waals surface area contributed by atoms with E-state index in [-0.39, 0.29) is 0 Å². The van der Waals surface area contributed by atoms with Crippen LogP contribution in [0.3, 0.4) is 0 Å². The summed E-state index contributed by atoms with van der Waals surface area (Å²) in [4.78, 5) is 6.38. The number of methoxy groups -OCH3 is 1. The van der Waals surface area contributed by atoms with Crippen LogP contribution in [0.4, 0.5) is 0 Å². The third kappa shape index (κ3) is 2.71. The highest BCUT2D eigenvalue weighted by Gasteiger charge is 2.19. The molecule has 17 heavy (non-hydrogen) atoms. The normalized spacial score (nSPS) is 15.9. The van der Waals surface area contributed by atoms with Crippen LogP contribution in [0.1, 0.15) is 5.82 Å². The maximum atomic E-state index is 5.48. The quantitative estimate of drug-likeness (QED) is 0.220. The molecule has 0 atom stereocenters. The van der Waals surface area contributed by atoms with Gasteiger partial charge in [-0.3, -0.25) is 5.43 Å². The lowest BCUT2D eigenvalue weighted by Crippen LogP contribution is -2.48. The van der Waals surface area contributed by atoms with Crippen molar-refractivity contribution in [1.82, 2.24) is 25.1 Å². The Morgan fingerprint density at radius 3 is 3.29 bits per heavy atom. The Morgan fingerprint density at radius 1 is 1.65 bits per heavy atom. The second-order valence-electron chi connectivity index (χ2n) is 3.70. The molecule has 0 saturated carbocycles. The van der Waals surface area contributed by atoms with Gasteiger partial charge in [-0.1, -0.05) is 0 Å². The van der Waals surface area contributed by atoms with E-state index < -0.39 is 0 Å². The van der Waals surface area contributed by atoms with Gasteiger partial charge in [0.05, 0.1) is 19.7 Å². The fourth-order valence-corrected chi connectivity index (χ4v) is 1.73. The molecule has 1 aromatic heterocycles. The van der Waals surface area contributed by atoms with Crippen molar-refractivity contribution in [3.05, 3.63) is 12.2 Å². The second kappa shape index (κ2) is 5.60. The first-order valence-corrected chi connectivity index (χ1v) is 5.46. The van der Waals surface area contributed by atoms with E-state index in [1.54, 1.807) is 13.4 Å². The van der Waals surface area contributed by atoms with Gasteiger partial charge in [-0.05, 0) is 0 Å². The lowest BCUT2D eigenvalue weighted by molar-refractivity contribution is 0.207. The number of hydrazine groups is 1. The Kier molecular flexibility index (Phi) is 3.89. The van der Waals surface area contributed by atoms with Crippen LogP contribution in [0, 0.1) is 0 Å². The number of aromatic nitrogens is 3. The van der Waals surface area contributed by atoms with Gasteiger partial charge in [0.15, 0.2) is 5.82 Å². The smallest absolute Gasteiger partial charge is 0.208 e. The van der Waals surface area contributed by atoms with Crippen molar-refractivity contribution in [1.29, 1.82) is 0 Å². The number of nitrogens with one attached hydrogen (secondary N) is 1.